The first-order chi connectivity index (χ1) is 7.38. The molecule has 1 aliphatic carbocycles. The average molecular weight is 206 g/mol. The van der Waals surface area contributed by atoms with Gasteiger partial charge in [-0.1, -0.05) is 24.3 Å². The second-order valence-corrected chi connectivity index (χ2v) is 3.76. The molecule has 1 aliphatic rings. The lowest BCUT2D eigenvalue weighted by Gasteiger charge is -2.13. The van der Waals surface area contributed by atoms with Crippen molar-refractivity contribution in [3.63, 3.8) is 0 Å². The van der Waals surface area contributed by atoms with E-state index in [4.69, 9.17) is 4.74 Å². The Bertz CT molecular complexity index is 241. The van der Waals surface area contributed by atoms with E-state index in [1.165, 1.54) is 25.7 Å². The summed E-state index contributed by atoms with van der Waals surface area (Å²) in [6.45, 7) is 5.67. The third kappa shape index (κ3) is 4.48. The Morgan fingerprint density at radius 1 is 0.933 bits per heavy atom. The summed E-state index contributed by atoms with van der Waals surface area (Å²) >= 11 is 0. The maximum absolute atomic E-state index is 4.83. The van der Waals surface area contributed by atoms with Gasteiger partial charge >= 0.3 is 0 Å². The van der Waals surface area contributed by atoms with Gasteiger partial charge in [-0.25, -0.2) is 0 Å². The molecule has 1 heteroatoms. The first-order valence-electron chi connectivity index (χ1n) is 6.03. The number of aryl methyl sites for hydroxylation is 2. The normalized spacial score (nSPS) is 13.7. The van der Waals surface area contributed by atoms with E-state index in [0.29, 0.717) is 0 Å². The van der Waals surface area contributed by atoms with Crippen molar-refractivity contribution in [1.82, 2.24) is 0 Å². The van der Waals surface area contributed by atoms with Crippen molar-refractivity contribution in [3.8, 4) is 0 Å². The van der Waals surface area contributed by atoms with Crippen molar-refractivity contribution in [1.29, 1.82) is 0 Å². The summed E-state index contributed by atoms with van der Waals surface area (Å²) in [7, 11) is 0. The lowest BCUT2D eigenvalue weighted by Crippen LogP contribution is -2.00. The zero-order valence-electron chi connectivity index (χ0n) is 9.96. The minimum Gasteiger partial charge on any atom is -0.382 e. The lowest BCUT2D eigenvalue weighted by molar-refractivity contribution is 0.162. The molecule has 15 heavy (non-hydrogen) atoms. The van der Waals surface area contributed by atoms with E-state index in [1.807, 2.05) is 13.8 Å². The molecular formula is C14H22O. The highest BCUT2D eigenvalue weighted by Crippen LogP contribution is 2.19. The Hall–Kier alpha value is -0.820. The summed E-state index contributed by atoms with van der Waals surface area (Å²) in [5.74, 6) is 0. The fraction of sp³-hybridized carbons (Fsp3) is 0.571. The van der Waals surface area contributed by atoms with Gasteiger partial charge in [-0.05, 0) is 50.7 Å². The lowest BCUT2D eigenvalue weighted by atomic mass is 9.92. The van der Waals surface area contributed by atoms with Crippen LogP contribution in [0.15, 0.2) is 24.3 Å². The summed E-state index contributed by atoms with van der Waals surface area (Å²) in [6, 6.07) is 8.80. The highest BCUT2D eigenvalue weighted by atomic mass is 16.5. The molecule has 0 heterocycles. The van der Waals surface area contributed by atoms with Gasteiger partial charge in [0.1, 0.15) is 0 Å². The molecule has 1 aromatic carbocycles. The van der Waals surface area contributed by atoms with Crippen LogP contribution < -0.4 is 0 Å². The molecular weight excluding hydrogens is 184 g/mol. The maximum Gasteiger partial charge on any atom is 0.0437 e. The van der Waals surface area contributed by atoms with Gasteiger partial charge < -0.3 is 4.74 Å². The molecule has 1 nitrogen and oxygen atoms in total. The molecule has 0 atom stereocenters. The highest BCUT2D eigenvalue weighted by molar-refractivity contribution is 5.28. The topological polar surface area (TPSA) is 9.23 Å². The van der Waals surface area contributed by atoms with E-state index in [9.17, 15) is 0 Å². The monoisotopic (exact) mass is 206 g/mol. The van der Waals surface area contributed by atoms with Gasteiger partial charge in [0.05, 0.1) is 0 Å². The highest BCUT2D eigenvalue weighted by Gasteiger charge is 2.05. The summed E-state index contributed by atoms with van der Waals surface area (Å²) in [5.41, 5.74) is 3.16. The van der Waals surface area contributed by atoms with Gasteiger partial charge in [0, 0.05) is 13.2 Å². The summed E-state index contributed by atoms with van der Waals surface area (Å²) in [5, 5.41) is 0. The largest absolute Gasteiger partial charge is 0.382 e. The van der Waals surface area contributed by atoms with Crippen molar-refractivity contribution < 1.29 is 4.74 Å². The Balaban J connectivity index is 0.000000195. The molecule has 0 saturated heterocycles. The van der Waals surface area contributed by atoms with Gasteiger partial charge in [0.25, 0.3) is 0 Å². The number of hydrogen-bond donors (Lipinski definition) is 0. The fourth-order valence-electron chi connectivity index (χ4n) is 1.88. The van der Waals surface area contributed by atoms with Crippen LogP contribution in [-0.4, -0.2) is 13.2 Å². The van der Waals surface area contributed by atoms with Gasteiger partial charge in [0.2, 0.25) is 0 Å². The fourth-order valence-corrected chi connectivity index (χ4v) is 1.88. The molecule has 0 unspecified atom stereocenters. The molecule has 0 N–H and O–H groups in total. The third-order valence-electron chi connectivity index (χ3n) is 2.67. The molecule has 0 saturated carbocycles. The van der Waals surface area contributed by atoms with Crippen LogP contribution in [0.2, 0.25) is 0 Å². The quantitative estimate of drug-likeness (QED) is 0.718. The zero-order chi connectivity index (χ0) is 10.9. The summed E-state index contributed by atoms with van der Waals surface area (Å²) in [4.78, 5) is 0. The summed E-state index contributed by atoms with van der Waals surface area (Å²) in [6.07, 6.45) is 5.38. The molecule has 1 aromatic rings. The Kier molecular flexibility index (Phi) is 6.10. The maximum atomic E-state index is 4.83. The molecule has 84 valence electrons. The van der Waals surface area contributed by atoms with Crippen molar-refractivity contribution in [3.05, 3.63) is 35.4 Å². The minimum atomic E-state index is 0.844. The molecule has 0 bridgehead atoms. The van der Waals surface area contributed by atoms with E-state index < -0.39 is 0 Å². The van der Waals surface area contributed by atoms with Crippen LogP contribution in [0, 0.1) is 0 Å². The van der Waals surface area contributed by atoms with Crippen molar-refractivity contribution in [2.45, 2.75) is 39.5 Å². The number of hydrogen-bond acceptors (Lipinski definition) is 1. The minimum absolute atomic E-state index is 0.844. The SMILES string of the molecule is CCOCC.c1ccc2c(c1)CCCC2. The third-order valence-corrected chi connectivity index (χ3v) is 2.67. The van der Waals surface area contributed by atoms with E-state index >= 15 is 0 Å². The predicted octanol–water partition coefficient (Wildman–Crippen LogP) is 3.61. The van der Waals surface area contributed by atoms with Crippen molar-refractivity contribution >= 4 is 0 Å². The first-order valence-corrected chi connectivity index (χ1v) is 6.03. The summed E-state index contributed by atoms with van der Waals surface area (Å²) < 4.78 is 4.83. The van der Waals surface area contributed by atoms with Crippen LogP contribution >= 0.6 is 0 Å². The van der Waals surface area contributed by atoms with Crippen LogP contribution in [0.1, 0.15) is 37.8 Å². The molecule has 0 radical (unpaired) electrons. The molecule has 2 rings (SSSR count). The van der Waals surface area contributed by atoms with Crippen LogP contribution in [0.3, 0.4) is 0 Å². The van der Waals surface area contributed by atoms with Crippen molar-refractivity contribution in [2.24, 2.45) is 0 Å². The second-order valence-electron chi connectivity index (χ2n) is 3.76. The van der Waals surface area contributed by atoms with E-state index in [0.717, 1.165) is 13.2 Å². The van der Waals surface area contributed by atoms with E-state index in [-0.39, 0.29) is 0 Å². The van der Waals surface area contributed by atoms with Crippen LogP contribution in [0.25, 0.3) is 0 Å². The van der Waals surface area contributed by atoms with Gasteiger partial charge in [-0.2, -0.15) is 0 Å². The van der Waals surface area contributed by atoms with E-state index in [2.05, 4.69) is 24.3 Å². The van der Waals surface area contributed by atoms with Crippen LogP contribution in [0.5, 0.6) is 0 Å². The van der Waals surface area contributed by atoms with Gasteiger partial charge in [-0.3, -0.25) is 0 Å². The number of fused-ring (bicyclic) bond motifs is 1. The Labute approximate surface area is 93.5 Å². The molecule has 0 amide bonds. The first kappa shape index (κ1) is 12.3. The van der Waals surface area contributed by atoms with Crippen molar-refractivity contribution in [2.75, 3.05) is 13.2 Å². The molecule has 0 aromatic heterocycles. The molecule has 0 spiro atoms. The van der Waals surface area contributed by atoms with Crippen LogP contribution in [-0.2, 0) is 17.6 Å². The predicted molar refractivity (Wildman–Crippen MR) is 65.3 cm³/mol. The molecule has 0 fully saturated rings. The molecule has 0 aliphatic heterocycles. The second kappa shape index (κ2) is 7.47. The standard InChI is InChI=1S/C10H12.C4H10O/c1-2-6-10-8-4-3-7-9(10)5-1;1-3-5-4-2/h1-2,5-6H,3-4,7-8H2;3-4H2,1-2H3. The van der Waals surface area contributed by atoms with Crippen LogP contribution in [0.4, 0.5) is 0 Å². The Morgan fingerprint density at radius 2 is 1.40 bits per heavy atom. The van der Waals surface area contributed by atoms with Gasteiger partial charge in [-0.15, -0.1) is 0 Å². The average Bonchev–Trinajstić information content (AvgIpc) is 2.31. The number of ether oxygens (including phenoxy) is 1. The smallest absolute Gasteiger partial charge is 0.0437 e. The zero-order valence-corrected chi connectivity index (χ0v) is 9.96. The number of rotatable bonds is 2. The Morgan fingerprint density at radius 3 is 1.73 bits per heavy atom. The van der Waals surface area contributed by atoms with E-state index in [1.54, 1.807) is 11.1 Å². The number of benzene rings is 1. The van der Waals surface area contributed by atoms with Gasteiger partial charge in [0.15, 0.2) is 0 Å².